The number of ketones is 1. The Hall–Kier alpha value is -1.78. The molecule has 0 saturated heterocycles. The molecule has 1 aromatic carbocycles. The number of rotatable bonds is 4. The van der Waals surface area contributed by atoms with Gasteiger partial charge in [0.15, 0.2) is 5.78 Å². The van der Waals surface area contributed by atoms with Gasteiger partial charge in [0.05, 0.1) is 12.0 Å². The van der Waals surface area contributed by atoms with Crippen molar-refractivity contribution in [3.8, 4) is 0 Å². The predicted octanol–water partition coefficient (Wildman–Crippen LogP) is 2.32. The van der Waals surface area contributed by atoms with Crippen LogP contribution in [-0.2, 0) is 4.79 Å². The molecule has 0 atom stereocenters. The molecule has 0 heterocycles. The van der Waals surface area contributed by atoms with Gasteiger partial charge in [0, 0.05) is 6.42 Å². The van der Waals surface area contributed by atoms with Gasteiger partial charge in [0.1, 0.15) is 11.6 Å². The minimum Gasteiger partial charge on any atom is -0.481 e. The summed E-state index contributed by atoms with van der Waals surface area (Å²) in [7, 11) is 0. The van der Waals surface area contributed by atoms with Crippen LogP contribution in [0.4, 0.5) is 8.78 Å². The zero-order valence-electron chi connectivity index (χ0n) is 8.59. The first-order valence-corrected chi connectivity index (χ1v) is 4.62. The van der Waals surface area contributed by atoms with Gasteiger partial charge in [0.25, 0.3) is 0 Å². The second-order valence-electron chi connectivity index (χ2n) is 3.40. The molecule has 0 amide bonds. The minimum atomic E-state index is -1.15. The summed E-state index contributed by atoms with van der Waals surface area (Å²) in [5.74, 6) is -3.37. The third-order valence-electron chi connectivity index (χ3n) is 2.11. The van der Waals surface area contributed by atoms with Crippen molar-refractivity contribution < 1.29 is 23.5 Å². The van der Waals surface area contributed by atoms with Crippen molar-refractivity contribution >= 4 is 11.8 Å². The molecule has 0 aliphatic rings. The quantitative estimate of drug-likeness (QED) is 0.804. The fraction of sp³-hybridized carbons (Fsp3) is 0.273. The molecule has 0 aliphatic heterocycles. The van der Waals surface area contributed by atoms with Crippen molar-refractivity contribution in [2.24, 2.45) is 0 Å². The first-order valence-electron chi connectivity index (χ1n) is 4.62. The van der Waals surface area contributed by atoms with Gasteiger partial charge in [-0.2, -0.15) is 0 Å². The van der Waals surface area contributed by atoms with E-state index in [-0.39, 0.29) is 12.0 Å². The number of carboxylic acid groups (broad SMARTS) is 1. The fourth-order valence-corrected chi connectivity index (χ4v) is 1.22. The van der Waals surface area contributed by atoms with Crippen LogP contribution in [0.5, 0.6) is 0 Å². The van der Waals surface area contributed by atoms with E-state index in [0.29, 0.717) is 0 Å². The van der Waals surface area contributed by atoms with E-state index in [0.717, 1.165) is 12.1 Å². The molecule has 3 nitrogen and oxygen atoms in total. The van der Waals surface area contributed by atoms with E-state index in [9.17, 15) is 18.4 Å². The molecule has 0 aliphatic carbocycles. The average Bonchev–Trinajstić information content (AvgIpc) is 2.20. The Kier molecular flexibility index (Phi) is 3.71. The van der Waals surface area contributed by atoms with Crippen LogP contribution < -0.4 is 0 Å². The van der Waals surface area contributed by atoms with Crippen LogP contribution in [0.25, 0.3) is 0 Å². The summed E-state index contributed by atoms with van der Waals surface area (Å²) in [6, 6.07) is 1.72. The van der Waals surface area contributed by atoms with Crippen LogP contribution in [0.2, 0.25) is 0 Å². The van der Waals surface area contributed by atoms with Gasteiger partial charge < -0.3 is 5.11 Å². The molecule has 1 aromatic rings. The summed E-state index contributed by atoms with van der Waals surface area (Å²) in [5.41, 5.74) is -0.295. The summed E-state index contributed by atoms with van der Waals surface area (Å²) in [6.45, 7) is 1.38. The molecular weight excluding hydrogens is 218 g/mol. The second-order valence-corrected chi connectivity index (χ2v) is 3.40. The summed E-state index contributed by atoms with van der Waals surface area (Å²) in [5, 5.41) is 8.36. The molecule has 86 valence electrons. The lowest BCUT2D eigenvalue weighted by molar-refractivity contribution is -0.136. The minimum absolute atomic E-state index is 0.104. The van der Waals surface area contributed by atoms with E-state index in [1.54, 1.807) is 0 Å². The van der Waals surface area contributed by atoms with Crippen LogP contribution in [-0.4, -0.2) is 16.9 Å². The van der Waals surface area contributed by atoms with Gasteiger partial charge >= 0.3 is 5.97 Å². The zero-order chi connectivity index (χ0) is 12.3. The Labute approximate surface area is 90.7 Å². The van der Waals surface area contributed by atoms with Gasteiger partial charge in [-0.3, -0.25) is 9.59 Å². The van der Waals surface area contributed by atoms with E-state index in [4.69, 9.17) is 5.11 Å². The van der Waals surface area contributed by atoms with E-state index in [2.05, 4.69) is 0 Å². The van der Waals surface area contributed by atoms with Crippen LogP contribution in [0, 0.1) is 18.6 Å². The number of carbonyl (C=O) groups is 2. The topological polar surface area (TPSA) is 54.4 Å². The first-order chi connectivity index (χ1) is 7.41. The molecule has 0 aromatic heterocycles. The number of hydrogen-bond acceptors (Lipinski definition) is 2. The number of halogens is 2. The van der Waals surface area contributed by atoms with Gasteiger partial charge in [-0.1, -0.05) is 0 Å². The standard InChI is InChI=1S/C11H10F2O3/c1-6-4-9(13)7(5-8(6)12)10(14)2-3-11(15)16/h4-5H,2-3H2,1H3,(H,15,16). The maximum Gasteiger partial charge on any atom is 0.303 e. The van der Waals surface area contributed by atoms with E-state index in [1.807, 2.05) is 0 Å². The fourth-order valence-electron chi connectivity index (χ4n) is 1.22. The lowest BCUT2D eigenvalue weighted by Gasteiger charge is -2.03. The van der Waals surface area contributed by atoms with Crippen LogP contribution in [0.1, 0.15) is 28.8 Å². The Morgan fingerprint density at radius 2 is 1.81 bits per heavy atom. The first kappa shape index (κ1) is 12.3. The average molecular weight is 228 g/mol. The number of carbonyl (C=O) groups excluding carboxylic acids is 1. The molecular formula is C11H10F2O3. The van der Waals surface area contributed by atoms with E-state index >= 15 is 0 Å². The van der Waals surface area contributed by atoms with E-state index in [1.165, 1.54) is 6.92 Å². The summed E-state index contributed by atoms with van der Waals surface area (Å²) >= 11 is 0. The Morgan fingerprint density at radius 3 is 2.38 bits per heavy atom. The maximum absolute atomic E-state index is 13.3. The highest BCUT2D eigenvalue weighted by Gasteiger charge is 2.15. The number of Topliss-reactive ketones (excluding diaryl/α,β-unsaturated/α-hetero) is 1. The number of hydrogen-bond donors (Lipinski definition) is 1. The van der Waals surface area contributed by atoms with E-state index < -0.39 is 35.4 Å². The highest BCUT2D eigenvalue weighted by atomic mass is 19.1. The number of carboxylic acids is 1. The van der Waals surface area contributed by atoms with Gasteiger partial charge in [-0.05, 0) is 24.6 Å². The molecule has 0 unspecified atom stereocenters. The Bertz CT molecular complexity index is 441. The van der Waals surface area contributed by atoms with Gasteiger partial charge in [-0.25, -0.2) is 8.78 Å². The summed E-state index contributed by atoms with van der Waals surface area (Å²) in [4.78, 5) is 21.6. The SMILES string of the molecule is Cc1cc(F)c(C(=O)CCC(=O)O)cc1F. The number of aryl methyl sites for hydroxylation is 1. The molecule has 1 N–H and O–H groups in total. The molecule has 0 bridgehead atoms. The molecule has 0 saturated carbocycles. The highest BCUT2D eigenvalue weighted by molar-refractivity contribution is 5.97. The van der Waals surface area contributed by atoms with Crippen LogP contribution in [0.3, 0.4) is 0 Å². The van der Waals surface area contributed by atoms with Gasteiger partial charge in [0.2, 0.25) is 0 Å². The Balaban J connectivity index is 2.91. The normalized spacial score (nSPS) is 10.2. The highest BCUT2D eigenvalue weighted by Crippen LogP contribution is 2.16. The lowest BCUT2D eigenvalue weighted by atomic mass is 10.0. The maximum atomic E-state index is 13.3. The summed E-state index contributed by atoms with van der Waals surface area (Å²) in [6.07, 6.45) is -0.734. The lowest BCUT2D eigenvalue weighted by Crippen LogP contribution is -2.07. The third kappa shape index (κ3) is 2.85. The smallest absolute Gasteiger partial charge is 0.303 e. The van der Waals surface area contributed by atoms with Crippen LogP contribution >= 0.6 is 0 Å². The summed E-state index contributed by atoms with van der Waals surface area (Å²) < 4.78 is 26.4. The van der Waals surface area contributed by atoms with Crippen molar-refractivity contribution in [1.82, 2.24) is 0 Å². The van der Waals surface area contributed by atoms with Crippen molar-refractivity contribution in [2.45, 2.75) is 19.8 Å². The zero-order valence-corrected chi connectivity index (χ0v) is 8.59. The third-order valence-corrected chi connectivity index (χ3v) is 2.11. The van der Waals surface area contributed by atoms with Crippen molar-refractivity contribution in [1.29, 1.82) is 0 Å². The predicted molar refractivity (Wildman–Crippen MR) is 52.3 cm³/mol. The second kappa shape index (κ2) is 4.83. The largest absolute Gasteiger partial charge is 0.481 e. The molecule has 16 heavy (non-hydrogen) atoms. The molecule has 0 radical (unpaired) electrons. The van der Waals surface area contributed by atoms with Gasteiger partial charge in [-0.15, -0.1) is 0 Å². The molecule has 0 fully saturated rings. The van der Waals surface area contributed by atoms with Crippen molar-refractivity contribution in [3.05, 3.63) is 34.9 Å². The van der Waals surface area contributed by atoms with Crippen molar-refractivity contribution in [2.75, 3.05) is 0 Å². The molecule has 1 rings (SSSR count). The van der Waals surface area contributed by atoms with Crippen LogP contribution in [0.15, 0.2) is 12.1 Å². The number of aliphatic carboxylic acids is 1. The Morgan fingerprint density at radius 1 is 1.19 bits per heavy atom. The van der Waals surface area contributed by atoms with Crippen molar-refractivity contribution in [3.63, 3.8) is 0 Å². The molecule has 5 heteroatoms. The number of benzene rings is 1. The monoisotopic (exact) mass is 228 g/mol. The molecule has 0 spiro atoms.